The summed E-state index contributed by atoms with van der Waals surface area (Å²) in [5.74, 6) is 0.687. The zero-order valence-corrected chi connectivity index (χ0v) is 14.1. The summed E-state index contributed by atoms with van der Waals surface area (Å²) in [5, 5.41) is 5.97. The summed E-state index contributed by atoms with van der Waals surface area (Å²) in [4.78, 5) is 18.0. The van der Waals surface area contributed by atoms with Gasteiger partial charge in [-0.3, -0.25) is 4.79 Å². The average Bonchev–Trinajstić information content (AvgIpc) is 2.52. The first-order valence-corrected chi connectivity index (χ1v) is 7.94. The molecule has 0 heterocycles. The predicted molar refractivity (Wildman–Crippen MR) is 91.9 cm³/mol. The van der Waals surface area contributed by atoms with Crippen molar-refractivity contribution in [3.63, 3.8) is 0 Å². The highest BCUT2D eigenvalue weighted by Crippen LogP contribution is 2.07. The van der Waals surface area contributed by atoms with Crippen molar-refractivity contribution in [1.29, 1.82) is 0 Å². The van der Waals surface area contributed by atoms with Gasteiger partial charge >= 0.3 is 0 Å². The molecule has 0 saturated carbocycles. The van der Waals surface area contributed by atoms with E-state index in [1.54, 1.807) is 0 Å². The quantitative estimate of drug-likeness (QED) is 0.596. The highest BCUT2D eigenvalue weighted by atomic mass is 16.1. The Balaban J connectivity index is 2.68. The van der Waals surface area contributed by atoms with E-state index in [2.05, 4.69) is 46.8 Å². The van der Waals surface area contributed by atoms with Gasteiger partial charge in [0.2, 0.25) is 5.91 Å². The fourth-order valence-electron chi connectivity index (χ4n) is 2.10. The number of carbonyl (C=O) groups excluding carboxylic acids is 1. The third-order valence-corrected chi connectivity index (χ3v) is 3.29. The molecule has 0 saturated heterocycles. The molecular formula is C17H28N4O. The molecule has 0 bridgehead atoms. The molecule has 0 aromatic heterocycles. The van der Waals surface area contributed by atoms with Gasteiger partial charge in [0.15, 0.2) is 5.96 Å². The summed E-state index contributed by atoms with van der Waals surface area (Å²) in [6.45, 7) is 8.38. The maximum absolute atomic E-state index is 11.5. The van der Waals surface area contributed by atoms with E-state index in [1.807, 2.05) is 25.8 Å². The average molecular weight is 304 g/mol. The molecular weight excluding hydrogens is 276 g/mol. The molecule has 0 unspecified atom stereocenters. The molecule has 2 N–H and O–H groups in total. The topological polar surface area (TPSA) is 56.7 Å². The standard InChI is InChI=1S/C17H28N4O/c1-5-14-8-10-15(11-9-14)13-21(4)17(19-7-3)20-12-16(22)18-6-2/h8-11H,5-7,12-13H2,1-4H3,(H,18,22)(H,19,20). The first kappa shape index (κ1) is 18.0. The second-order valence-corrected chi connectivity index (χ2v) is 5.15. The summed E-state index contributed by atoms with van der Waals surface area (Å²) < 4.78 is 0. The molecule has 5 nitrogen and oxygen atoms in total. The van der Waals surface area contributed by atoms with Crippen molar-refractivity contribution in [2.24, 2.45) is 4.99 Å². The van der Waals surface area contributed by atoms with Crippen molar-refractivity contribution in [3.8, 4) is 0 Å². The first-order chi connectivity index (χ1) is 10.6. The van der Waals surface area contributed by atoms with Crippen molar-refractivity contribution in [1.82, 2.24) is 15.5 Å². The Hall–Kier alpha value is -2.04. The van der Waals surface area contributed by atoms with Gasteiger partial charge in [0, 0.05) is 26.7 Å². The smallest absolute Gasteiger partial charge is 0.241 e. The highest BCUT2D eigenvalue weighted by Gasteiger charge is 2.07. The number of hydrogen-bond donors (Lipinski definition) is 2. The van der Waals surface area contributed by atoms with Gasteiger partial charge in [-0.2, -0.15) is 0 Å². The fourth-order valence-corrected chi connectivity index (χ4v) is 2.10. The number of carbonyl (C=O) groups is 1. The Morgan fingerprint density at radius 3 is 2.18 bits per heavy atom. The Labute approximate surface area is 133 Å². The minimum Gasteiger partial charge on any atom is -0.357 e. The van der Waals surface area contributed by atoms with Crippen molar-refractivity contribution >= 4 is 11.9 Å². The number of aliphatic imine (C=N–C) groups is 1. The van der Waals surface area contributed by atoms with Crippen LogP contribution in [0.2, 0.25) is 0 Å². The van der Waals surface area contributed by atoms with Crippen molar-refractivity contribution in [2.75, 3.05) is 26.7 Å². The summed E-state index contributed by atoms with van der Waals surface area (Å²) in [5.41, 5.74) is 2.56. The van der Waals surface area contributed by atoms with E-state index in [-0.39, 0.29) is 12.5 Å². The lowest BCUT2D eigenvalue weighted by Crippen LogP contribution is -2.39. The molecule has 5 heteroatoms. The van der Waals surface area contributed by atoms with E-state index < -0.39 is 0 Å². The van der Waals surface area contributed by atoms with Crippen LogP contribution in [0, 0.1) is 0 Å². The number of likely N-dealkylation sites (N-methyl/N-ethyl adjacent to an activating group) is 1. The van der Waals surface area contributed by atoms with Crippen LogP contribution < -0.4 is 10.6 Å². The SMILES string of the molecule is CCNC(=O)CN=C(NCC)N(C)Cc1ccc(CC)cc1. The molecule has 0 spiro atoms. The number of hydrogen-bond acceptors (Lipinski definition) is 2. The molecule has 0 aliphatic carbocycles. The molecule has 22 heavy (non-hydrogen) atoms. The monoisotopic (exact) mass is 304 g/mol. The van der Waals surface area contributed by atoms with Crippen LogP contribution in [0.25, 0.3) is 0 Å². The Kier molecular flexibility index (Phi) is 8.04. The molecule has 0 atom stereocenters. The first-order valence-electron chi connectivity index (χ1n) is 7.94. The van der Waals surface area contributed by atoms with Gasteiger partial charge in [-0.15, -0.1) is 0 Å². The number of aryl methyl sites for hydroxylation is 1. The lowest BCUT2D eigenvalue weighted by Gasteiger charge is -2.22. The van der Waals surface area contributed by atoms with Crippen LogP contribution >= 0.6 is 0 Å². The second-order valence-electron chi connectivity index (χ2n) is 5.15. The molecule has 1 aromatic rings. The van der Waals surface area contributed by atoms with E-state index >= 15 is 0 Å². The summed E-state index contributed by atoms with van der Waals surface area (Å²) in [7, 11) is 1.98. The number of rotatable bonds is 7. The number of nitrogens with zero attached hydrogens (tertiary/aromatic N) is 2. The zero-order chi connectivity index (χ0) is 16.4. The van der Waals surface area contributed by atoms with Crippen LogP contribution in [0.3, 0.4) is 0 Å². The van der Waals surface area contributed by atoms with Crippen LogP contribution in [0.1, 0.15) is 31.9 Å². The molecule has 1 rings (SSSR count). The van der Waals surface area contributed by atoms with Crippen LogP contribution in [-0.2, 0) is 17.8 Å². The van der Waals surface area contributed by atoms with E-state index in [4.69, 9.17) is 0 Å². The molecule has 0 fully saturated rings. The van der Waals surface area contributed by atoms with Gasteiger partial charge in [0.1, 0.15) is 6.54 Å². The lowest BCUT2D eigenvalue weighted by molar-refractivity contribution is -0.119. The van der Waals surface area contributed by atoms with Crippen LogP contribution in [0.4, 0.5) is 0 Å². The van der Waals surface area contributed by atoms with Crippen molar-refractivity contribution < 1.29 is 4.79 Å². The van der Waals surface area contributed by atoms with E-state index in [1.165, 1.54) is 11.1 Å². The Morgan fingerprint density at radius 2 is 1.64 bits per heavy atom. The minimum atomic E-state index is -0.0569. The molecule has 0 aliphatic heterocycles. The molecule has 0 aliphatic rings. The van der Waals surface area contributed by atoms with Crippen LogP contribution in [-0.4, -0.2) is 43.4 Å². The van der Waals surface area contributed by atoms with Gasteiger partial charge in [0.25, 0.3) is 0 Å². The van der Waals surface area contributed by atoms with Gasteiger partial charge in [-0.05, 0) is 31.4 Å². The normalized spacial score (nSPS) is 11.2. The number of amides is 1. The van der Waals surface area contributed by atoms with E-state index in [0.29, 0.717) is 6.54 Å². The highest BCUT2D eigenvalue weighted by molar-refractivity contribution is 5.84. The number of guanidine groups is 1. The Bertz CT molecular complexity index is 482. The third-order valence-electron chi connectivity index (χ3n) is 3.29. The van der Waals surface area contributed by atoms with E-state index in [0.717, 1.165) is 25.5 Å². The maximum atomic E-state index is 11.5. The fraction of sp³-hybridized carbons (Fsp3) is 0.529. The van der Waals surface area contributed by atoms with Crippen LogP contribution in [0.15, 0.2) is 29.3 Å². The van der Waals surface area contributed by atoms with Gasteiger partial charge in [-0.1, -0.05) is 31.2 Å². The minimum absolute atomic E-state index is 0.0569. The summed E-state index contributed by atoms with van der Waals surface area (Å²) in [6.07, 6.45) is 1.05. The zero-order valence-electron chi connectivity index (χ0n) is 14.1. The van der Waals surface area contributed by atoms with Crippen molar-refractivity contribution in [2.45, 2.75) is 33.7 Å². The van der Waals surface area contributed by atoms with Gasteiger partial charge in [-0.25, -0.2) is 4.99 Å². The number of benzene rings is 1. The maximum Gasteiger partial charge on any atom is 0.241 e. The van der Waals surface area contributed by atoms with E-state index in [9.17, 15) is 4.79 Å². The van der Waals surface area contributed by atoms with Gasteiger partial charge < -0.3 is 15.5 Å². The molecule has 1 amide bonds. The van der Waals surface area contributed by atoms with Crippen molar-refractivity contribution in [3.05, 3.63) is 35.4 Å². The second kappa shape index (κ2) is 9.82. The summed E-state index contributed by atoms with van der Waals surface area (Å²) in [6, 6.07) is 8.59. The van der Waals surface area contributed by atoms with Gasteiger partial charge in [0.05, 0.1) is 0 Å². The Morgan fingerprint density at radius 1 is 1.05 bits per heavy atom. The third kappa shape index (κ3) is 6.16. The lowest BCUT2D eigenvalue weighted by atomic mass is 10.1. The number of nitrogens with one attached hydrogen (secondary N) is 2. The van der Waals surface area contributed by atoms with Crippen LogP contribution in [0.5, 0.6) is 0 Å². The molecule has 1 aromatic carbocycles. The predicted octanol–water partition coefficient (Wildman–Crippen LogP) is 1.78. The molecule has 0 radical (unpaired) electrons. The largest absolute Gasteiger partial charge is 0.357 e. The molecule has 122 valence electrons. The summed E-state index contributed by atoms with van der Waals surface area (Å²) >= 11 is 0.